The molecule has 0 bridgehead atoms. The highest BCUT2D eigenvalue weighted by atomic mass is 32.2. The smallest absolute Gasteiger partial charge is 0.261 e. The summed E-state index contributed by atoms with van der Waals surface area (Å²) in [6.45, 7) is 7.36. The Labute approximate surface area is 190 Å². The Morgan fingerprint density at radius 3 is 2.28 bits per heavy atom. The van der Waals surface area contributed by atoms with E-state index in [1.54, 1.807) is 26.0 Å². The molecule has 2 aromatic carbocycles. The van der Waals surface area contributed by atoms with Gasteiger partial charge in [-0.05, 0) is 73.2 Å². The van der Waals surface area contributed by atoms with Crippen LogP contribution in [0.15, 0.2) is 35.2 Å². The number of anilines is 2. The number of hydrogen-bond acceptors (Lipinski definition) is 5. The number of rotatable bonds is 7. The molecule has 0 aromatic heterocycles. The largest absolute Gasteiger partial charge is 0.326 e. The highest BCUT2D eigenvalue weighted by molar-refractivity contribution is 7.92. The molecule has 0 unspecified atom stereocenters. The van der Waals surface area contributed by atoms with Gasteiger partial charge in [0.15, 0.2) is 0 Å². The predicted molar refractivity (Wildman–Crippen MR) is 126 cm³/mol. The number of amides is 1. The Morgan fingerprint density at radius 1 is 1.03 bits per heavy atom. The van der Waals surface area contributed by atoms with E-state index >= 15 is 0 Å². The Kier molecular flexibility index (Phi) is 6.97. The second-order valence-electron chi connectivity index (χ2n) is 8.10. The number of sulfonamides is 2. The number of benzene rings is 2. The van der Waals surface area contributed by atoms with E-state index in [9.17, 15) is 21.6 Å². The maximum Gasteiger partial charge on any atom is 0.261 e. The van der Waals surface area contributed by atoms with Gasteiger partial charge in [0.05, 0.1) is 10.6 Å². The van der Waals surface area contributed by atoms with Crippen molar-refractivity contribution >= 4 is 37.3 Å². The van der Waals surface area contributed by atoms with Crippen molar-refractivity contribution in [1.82, 2.24) is 4.31 Å². The highest BCUT2D eigenvalue weighted by Gasteiger charge is 2.26. The van der Waals surface area contributed by atoms with Crippen LogP contribution >= 0.6 is 0 Å². The molecule has 0 atom stereocenters. The Bertz CT molecular complexity index is 1230. The van der Waals surface area contributed by atoms with Gasteiger partial charge in [0.2, 0.25) is 15.9 Å². The molecule has 0 radical (unpaired) electrons. The van der Waals surface area contributed by atoms with E-state index < -0.39 is 20.0 Å². The first-order valence-electron chi connectivity index (χ1n) is 10.4. The summed E-state index contributed by atoms with van der Waals surface area (Å²) < 4.78 is 55.0. The van der Waals surface area contributed by atoms with Gasteiger partial charge in [-0.2, -0.15) is 4.31 Å². The van der Waals surface area contributed by atoms with Gasteiger partial charge in [-0.25, -0.2) is 16.8 Å². The molecule has 2 aromatic rings. The van der Waals surface area contributed by atoms with E-state index in [0.29, 0.717) is 41.9 Å². The zero-order valence-corrected chi connectivity index (χ0v) is 20.4. The Balaban J connectivity index is 1.86. The molecule has 0 spiro atoms. The van der Waals surface area contributed by atoms with E-state index in [1.165, 1.54) is 23.4 Å². The lowest BCUT2D eigenvalue weighted by Crippen LogP contribution is -2.37. The average molecular weight is 480 g/mol. The number of carbonyl (C=O) groups excluding carboxylic acids is 1. The molecule has 1 aliphatic heterocycles. The van der Waals surface area contributed by atoms with Crippen molar-refractivity contribution < 1.29 is 21.6 Å². The van der Waals surface area contributed by atoms with Gasteiger partial charge < -0.3 is 5.32 Å². The van der Waals surface area contributed by atoms with Crippen LogP contribution < -0.4 is 10.0 Å². The van der Waals surface area contributed by atoms with E-state index in [1.807, 2.05) is 13.0 Å². The maximum absolute atomic E-state index is 13.0. The van der Waals surface area contributed by atoms with Gasteiger partial charge in [-0.15, -0.1) is 0 Å². The number of hydrogen-bond donors (Lipinski definition) is 2. The normalized spacial score (nSPS) is 14.6. The molecule has 32 heavy (non-hydrogen) atoms. The van der Waals surface area contributed by atoms with Crippen LogP contribution in [0.5, 0.6) is 0 Å². The molecule has 3 rings (SSSR count). The lowest BCUT2D eigenvalue weighted by atomic mass is 10.0. The van der Waals surface area contributed by atoms with Gasteiger partial charge in [-0.1, -0.05) is 13.0 Å². The highest BCUT2D eigenvalue weighted by Crippen LogP contribution is 2.28. The molecule has 0 fully saturated rings. The van der Waals surface area contributed by atoms with Crippen LogP contribution in [-0.4, -0.2) is 39.3 Å². The molecule has 1 amide bonds. The molecule has 2 N–H and O–H groups in total. The minimum atomic E-state index is -3.88. The SMILES string of the molecule is CCCS(=O)(=O)N1CCc2ccc(NS(=O)(=O)c3cc(C)c(NC(C)=O)c(C)c3)cc2C1. The minimum absolute atomic E-state index is 0.0893. The van der Waals surface area contributed by atoms with E-state index in [-0.39, 0.29) is 23.1 Å². The van der Waals surface area contributed by atoms with Crippen molar-refractivity contribution in [1.29, 1.82) is 0 Å². The quantitative estimate of drug-likeness (QED) is 0.633. The summed E-state index contributed by atoms with van der Waals surface area (Å²) >= 11 is 0. The molecule has 1 heterocycles. The van der Waals surface area contributed by atoms with Gasteiger partial charge in [-0.3, -0.25) is 9.52 Å². The maximum atomic E-state index is 13.0. The van der Waals surface area contributed by atoms with Gasteiger partial charge in [0.1, 0.15) is 0 Å². The van der Waals surface area contributed by atoms with E-state index in [2.05, 4.69) is 10.0 Å². The topological polar surface area (TPSA) is 113 Å². The monoisotopic (exact) mass is 479 g/mol. The third-order valence-corrected chi connectivity index (χ3v) is 8.79. The second kappa shape index (κ2) is 9.21. The Hall–Kier alpha value is -2.43. The number of nitrogens with one attached hydrogen (secondary N) is 2. The van der Waals surface area contributed by atoms with Crippen molar-refractivity contribution in [3.05, 3.63) is 52.6 Å². The molecule has 1 aliphatic rings. The summed E-state index contributed by atoms with van der Waals surface area (Å²) in [5, 5.41) is 2.72. The molecule has 0 saturated carbocycles. The van der Waals surface area contributed by atoms with Gasteiger partial charge in [0.25, 0.3) is 10.0 Å². The van der Waals surface area contributed by atoms with Crippen molar-refractivity contribution in [3.63, 3.8) is 0 Å². The van der Waals surface area contributed by atoms with Crippen LogP contribution in [0.4, 0.5) is 11.4 Å². The van der Waals surface area contributed by atoms with Crippen molar-refractivity contribution in [2.45, 2.75) is 52.0 Å². The summed E-state index contributed by atoms with van der Waals surface area (Å²) in [5.41, 5.74) is 4.07. The fourth-order valence-corrected chi connectivity index (χ4v) is 6.58. The summed E-state index contributed by atoms with van der Waals surface area (Å²) in [5.74, 6) is -0.129. The number of carbonyl (C=O) groups is 1. The van der Waals surface area contributed by atoms with Crippen LogP contribution in [0.25, 0.3) is 0 Å². The minimum Gasteiger partial charge on any atom is -0.326 e. The molecular formula is C22H29N3O5S2. The lowest BCUT2D eigenvalue weighted by molar-refractivity contribution is -0.114. The summed E-state index contributed by atoms with van der Waals surface area (Å²) in [4.78, 5) is 11.5. The first-order chi connectivity index (χ1) is 14.9. The number of fused-ring (bicyclic) bond motifs is 1. The molecule has 0 aliphatic carbocycles. The standard InChI is InChI=1S/C22H29N3O5S2/c1-5-10-31(27,28)25-9-8-18-6-7-20(13-19(18)14-25)24-32(29,30)21-11-15(2)22(16(3)12-21)23-17(4)26/h6-7,11-13,24H,5,8-10,14H2,1-4H3,(H,23,26). The molecule has 8 nitrogen and oxygen atoms in total. The zero-order chi connectivity index (χ0) is 23.7. The molecular weight excluding hydrogens is 450 g/mol. The fourth-order valence-electron chi connectivity index (χ4n) is 3.89. The zero-order valence-electron chi connectivity index (χ0n) is 18.7. The molecule has 0 saturated heterocycles. The summed E-state index contributed by atoms with van der Waals surface area (Å²) in [6, 6.07) is 8.26. The van der Waals surface area contributed by atoms with Crippen LogP contribution in [0, 0.1) is 13.8 Å². The lowest BCUT2D eigenvalue weighted by Gasteiger charge is -2.28. The van der Waals surface area contributed by atoms with Crippen molar-refractivity contribution in [3.8, 4) is 0 Å². The van der Waals surface area contributed by atoms with E-state index in [0.717, 1.165) is 11.1 Å². The van der Waals surface area contributed by atoms with Gasteiger partial charge >= 0.3 is 0 Å². The van der Waals surface area contributed by atoms with Crippen LogP contribution in [-0.2, 0) is 37.8 Å². The van der Waals surface area contributed by atoms with Crippen LogP contribution in [0.1, 0.15) is 42.5 Å². The number of nitrogens with zero attached hydrogens (tertiary/aromatic N) is 1. The third-order valence-electron chi connectivity index (χ3n) is 5.41. The first kappa shape index (κ1) is 24.2. The van der Waals surface area contributed by atoms with Crippen LogP contribution in [0.2, 0.25) is 0 Å². The van der Waals surface area contributed by atoms with Crippen molar-refractivity contribution in [2.24, 2.45) is 0 Å². The molecule has 10 heteroatoms. The second-order valence-corrected chi connectivity index (χ2v) is 11.9. The van der Waals surface area contributed by atoms with Crippen LogP contribution in [0.3, 0.4) is 0 Å². The Morgan fingerprint density at radius 2 is 1.69 bits per heavy atom. The first-order valence-corrected chi connectivity index (χ1v) is 13.5. The predicted octanol–water partition coefficient (Wildman–Crippen LogP) is 3.16. The summed E-state index contributed by atoms with van der Waals surface area (Å²) in [6.07, 6.45) is 1.14. The molecule has 174 valence electrons. The van der Waals surface area contributed by atoms with Crippen molar-refractivity contribution in [2.75, 3.05) is 22.3 Å². The average Bonchev–Trinajstić information content (AvgIpc) is 2.69. The fraction of sp³-hybridized carbons (Fsp3) is 0.409. The van der Waals surface area contributed by atoms with E-state index in [4.69, 9.17) is 0 Å². The third kappa shape index (κ3) is 5.31. The van der Waals surface area contributed by atoms with Gasteiger partial charge in [0, 0.05) is 31.4 Å². The number of aryl methyl sites for hydroxylation is 2. The summed E-state index contributed by atoms with van der Waals surface area (Å²) in [7, 11) is -7.20.